The Labute approximate surface area is 101 Å². The second kappa shape index (κ2) is 5.28. The van der Waals surface area contributed by atoms with Crippen molar-refractivity contribution in [3.8, 4) is 0 Å². The molecule has 2 nitrogen and oxygen atoms in total. The summed E-state index contributed by atoms with van der Waals surface area (Å²) in [4.78, 5) is 8.16. The Morgan fingerprint density at radius 2 is 1.93 bits per heavy atom. The van der Waals surface area contributed by atoms with E-state index in [4.69, 9.17) is 0 Å². The van der Waals surface area contributed by atoms with E-state index in [1.54, 1.807) is 18.1 Å². The van der Waals surface area contributed by atoms with Crippen LogP contribution in [0.5, 0.6) is 0 Å². The van der Waals surface area contributed by atoms with E-state index in [1.165, 1.54) is 5.56 Å². The average Bonchev–Trinajstić information content (AvgIpc) is 2.28. The van der Waals surface area contributed by atoms with Crippen molar-refractivity contribution in [3.05, 3.63) is 52.9 Å². The molecule has 0 unspecified atom stereocenters. The van der Waals surface area contributed by atoms with Gasteiger partial charge in [-0.3, -0.25) is 0 Å². The van der Waals surface area contributed by atoms with Crippen LogP contribution in [0.1, 0.15) is 5.56 Å². The van der Waals surface area contributed by atoms with Crippen molar-refractivity contribution in [2.24, 2.45) is 0 Å². The molecule has 2 rings (SSSR count). The Balaban J connectivity index is 1.99. The van der Waals surface area contributed by atoms with Crippen LogP contribution in [-0.2, 0) is 5.75 Å². The fourth-order valence-electron chi connectivity index (χ4n) is 1.13. The molecular weight excluding hydrogens is 272 g/mol. The highest BCUT2D eigenvalue weighted by Gasteiger charge is 1.98. The third-order valence-corrected chi connectivity index (χ3v) is 3.27. The van der Waals surface area contributed by atoms with E-state index >= 15 is 0 Å². The first-order valence-corrected chi connectivity index (χ1v) is 6.27. The third-order valence-electron chi connectivity index (χ3n) is 1.84. The van der Waals surface area contributed by atoms with Crippen LogP contribution in [0.15, 0.2) is 52.4 Å². The fraction of sp³-hybridized carbons (Fsp3) is 0.0909. The number of aromatic nitrogens is 2. The fourth-order valence-corrected chi connectivity index (χ4v) is 2.41. The number of hydrogen-bond acceptors (Lipinski definition) is 3. The average molecular weight is 281 g/mol. The molecule has 0 N–H and O–H groups in total. The van der Waals surface area contributed by atoms with E-state index in [0.717, 1.165) is 15.4 Å². The largest absolute Gasteiger partial charge is 0.230 e. The molecule has 15 heavy (non-hydrogen) atoms. The van der Waals surface area contributed by atoms with Gasteiger partial charge >= 0.3 is 0 Å². The highest BCUT2D eigenvalue weighted by atomic mass is 79.9. The third kappa shape index (κ3) is 3.32. The van der Waals surface area contributed by atoms with Gasteiger partial charge in [0.2, 0.25) is 0 Å². The lowest BCUT2D eigenvalue weighted by atomic mass is 10.2. The summed E-state index contributed by atoms with van der Waals surface area (Å²) in [5, 5.41) is 0.987. The molecule has 0 radical (unpaired) electrons. The monoisotopic (exact) mass is 280 g/mol. The molecule has 0 aliphatic rings. The second-order valence-corrected chi connectivity index (χ2v) is 4.76. The minimum absolute atomic E-state index is 0.827. The molecule has 0 atom stereocenters. The molecule has 4 heteroatoms. The molecule has 0 amide bonds. The van der Waals surface area contributed by atoms with Gasteiger partial charge in [0, 0.05) is 11.8 Å². The molecular formula is C11H9BrN2S. The van der Waals surface area contributed by atoms with Gasteiger partial charge in [0.25, 0.3) is 0 Å². The Morgan fingerprint density at radius 1 is 1.13 bits per heavy atom. The van der Waals surface area contributed by atoms with Crippen molar-refractivity contribution in [2.75, 3.05) is 0 Å². The SMILES string of the molecule is Brc1cc(SCc2ccccc2)ncn1. The first-order chi connectivity index (χ1) is 7.34. The molecule has 0 bridgehead atoms. The molecule has 76 valence electrons. The lowest BCUT2D eigenvalue weighted by molar-refractivity contribution is 1.03. The first-order valence-electron chi connectivity index (χ1n) is 4.49. The summed E-state index contributed by atoms with van der Waals surface area (Å²) in [7, 11) is 0. The van der Waals surface area contributed by atoms with Crippen LogP contribution >= 0.6 is 27.7 Å². The Kier molecular flexibility index (Phi) is 3.75. The van der Waals surface area contributed by atoms with Crippen LogP contribution in [0.4, 0.5) is 0 Å². The van der Waals surface area contributed by atoms with Gasteiger partial charge in [-0.15, -0.1) is 11.8 Å². The van der Waals surface area contributed by atoms with Crippen molar-refractivity contribution < 1.29 is 0 Å². The minimum Gasteiger partial charge on any atom is -0.230 e. The number of benzene rings is 1. The highest BCUT2D eigenvalue weighted by molar-refractivity contribution is 9.10. The minimum atomic E-state index is 0.827. The lowest BCUT2D eigenvalue weighted by Crippen LogP contribution is -1.84. The van der Waals surface area contributed by atoms with Crippen molar-refractivity contribution in [1.29, 1.82) is 0 Å². The molecule has 0 spiro atoms. The summed E-state index contributed by atoms with van der Waals surface area (Å²) in [6.45, 7) is 0. The van der Waals surface area contributed by atoms with Gasteiger partial charge < -0.3 is 0 Å². The number of hydrogen-bond donors (Lipinski definition) is 0. The topological polar surface area (TPSA) is 25.8 Å². The molecule has 1 aromatic carbocycles. The van der Waals surface area contributed by atoms with Crippen LogP contribution in [-0.4, -0.2) is 9.97 Å². The van der Waals surface area contributed by atoms with Gasteiger partial charge in [-0.1, -0.05) is 30.3 Å². The molecule has 0 saturated heterocycles. The van der Waals surface area contributed by atoms with Crippen LogP contribution in [0, 0.1) is 0 Å². The van der Waals surface area contributed by atoms with Crippen LogP contribution in [0.2, 0.25) is 0 Å². The summed E-state index contributed by atoms with van der Waals surface area (Å²) in [5.74, 6) is 0.935. The van der Waals surface area contributed by atoms with Crippen LogP contribution < -0.4 is 0 Å². The predicted molar refractivity (Wildman–Crippen MR) is 65.7 cm³/mol. The zero-order chi connectivity index (χ0) is 10.5. The van der Waals surface area contributed by atoms with Gasteiger partial charge in [0.1, 0.15) is 16.0 Å². The van der Waals surface area contributed by atoms with E-state index in [0.29, 0.717) is 0 Å². The Hall–Kier alpha value is -0.870. The molecule has 2 aromatic rings. The highest BCUT2D eigenvalue weighted by Crippen LogP contribution is 2.21. The second-order valence-electron chi connectivity index (χ2n) is 2.95. The quantitative estimate of drug-likeness (QED) is 0.635. The summed E-state index contributed by atoms with van der Waals surface area (Å²) in [6, 6.07) is 12.3. The van der Waals surface area contributed by atoms with E-state index in [-0.39, 0.29) is 0 Å². The standard InChI is InChI=1S/C11H9BrN2S/c12-10-6-11(14-8-13-10)15-7-9-4-2-1-3-5-9/h1-6,8H,7H2. The predicted octanol–water partition coefficient (Wildman–Crippen LogP) is 3.53. The summed E-state index contributed by atoms with van der Waals surface area (Å²) in [5.41, 5.74) is 1.30. The molecule has 0 saturated carbocycles. The van der Waals surface area contributed by atoms with Crippen molar-refractivity contribution in [2.45, 2.75) is 10.8 Å². The van der Waals surface area contributed by atoms with Crippen molar-refractivity contribution in [3.63, 3.8) is 0 Å². The van der Waals surface area contributed by atoms with E-state index in [9.17, 15) is 0 Å². The zero-order valence-electron chi connectivity index (χ0n) is 7.93. The van der Waals surface area contributed by atoms with Crippen molar-refractivity contribution in [1.82, 2.24) is 9.97 Å². The first kappa shape index (κ1) is 10.6. The van der Waals surface area contributed by atoms with Gasteiger partial charge in [0.15, 0.2) is 0 Å². The van der Waals surface area contributed by atoms with E-state index in [1.807, 2.05) is 24.3 Å². The maximum atomic E-state index is 4.18. The number of nitrogens with zero attached hydrogens (tertiary/aromatic N) is 2. The summed E-state index contributed by atoms with van der Waals surface area (Å²) >= 11 is 5.03. The van der Waals surface area contributed by atoms with E-state index < -0.39 is 0 Å². The Bertz CT molecular complexity index is 434. The zero-order valence-corrected chi connectivity index (χ0v) is 10.3. The molecule has 1 aromatic heterocycles. The van der Waals surface area contributed by atoms with Crippen LogP contribution in [0.25, 0.3) is 0 Å². The van der Waals surface area contributed by atoms with Crippen LogP contribution in [0.3, 0.4) is 0 Å². The van der Waals surface area contributed by atoms with Gasteiger partial charge in [-0.05, 0) is 21.5 Å². The summed E-state index contributed by atoms with van der Waals surface area (Å²) in [6.07, 6.45) is 1.57. The Morgan fingerprint density at radius 3 is 2.67 bits per heavy atom. The molecule has 0 aliphatic heterocycles. The molecule has 1 heterocycles. The maximum Gasteiger partial charge on any atom is 0.118 e. The molecule has 0 aliphatic carbocycles. The number of rotatable bonds is 3. The van der Waals surface area contributed by atoms with E-state index in [2.05, 4.69) is 38.0 Å². The summed E-state index contributed by atoms with van der Waals surface area (Å²) < 4.78 is 0.827. The van der Waals surface area contributed by atoms with Gasteiger partial charge in [0.05, 0.1) is 0 Å². The van der Waals surface area contributed by atoms with Gasteiger partial charge in [-0.25, -0.2) is 9.97 Å². The number of halogens is 1. The van der Waals surface area contributed by atoms with Gasteiger partial charge in [-0.2, -0.15) is 0 Å². The maximum absolute atomic E-state index is 4.18. The normalized spacial score (nSPS) is 10.2. The number of thioether (sulfide) groups is 1. The van der Waals surface area contributed by atoms with Crippen molar-refractivity contribution >= 4 is 27.7 Å². The molecule has 0 fully saturated rings. The lowest BCUT2D eigenvalue weighted by Gasteiger charge is -2.00. The smallest absolute Gasteiger partial charge is 0.118 e.